The Morgan fingerprint density at radius 3 is 2.88 bits per heavy atom. The number of benzene rings is 1. The Morgan fingerprint density at radius 1 is 1.33 bits per heavy atom. The maximum absolute atomic E-state index is 11.2. The van der Waals surface area contributed by atoms with Gasteiger partial charge in [-0.15, -0.1) is 0 Å². The molecule has 0 spiro atoms. The van der Waals surface area contributed by atoms with Gasteiger partial charge in [0, 0.05) is 24.8 Å². The van der Waals surface area contributed by atoms with Gasteiger partial charge in [0.15, 0.2) is 0 Å². The van der Waals surface area contributed by atoms with E-state index in [0.29, 0.717) is 31.4 Å². The summed E-state index contributed by atoms with van der Waals surface area (Å²) >= 11 is 0. The lowest BCUT2D eigenvalue weighted by molar-refractivity contribution is -0.141. The molecule has 1 aliphatic rings. The molecule has 1 aromatic carbocycles. The summed E-state index contributed by atoms with van der Waals surface area (Å²) in [5.41, 5.74) is 1.87. The second-order valence-electron chi connectivity index (χ2n) is 6.05. The van der Waals surface area contributed by atoms with Crippen LogP contribution >= 0.6 is 0 Å². The fourth-order valence-corrected chi connectivity index (χ4v) is 2.83. The number of carboxylic acid groups (broad SMARTS) is 1. The van der Waals surface area contributed by atoms with Crippen molar-refractivity contribution < 1.29 is 14.6 Å². The number of hydrogen-bond acceptors (Lipinski definition) is 5. The van der Waals surface area contributed by atoms with E-state index in [1.54, 1.807) is 6.07 Å². The van der Waals surface area contributed by atoms with E-state index in [2.05, 4.69) is 9.97 Å². The Morgan fingerprint density at radius 2 is 2.12 bits per heavy atom. The van der Waals surface area contributed by atoms with Crippen LogP contribution in [0.15, 0.2) is 36.4 Å². The molecule has 1 aliphatic heterocycles. The molecular formula is C18H21N3O3. The third-order valence-electron chi connectivity index (χ3n) is 4.10. The molecule has 0 aliphatic carbocycles. The summed E-state index contributed by atoms with van der Waals surface area (Å²) in [6.45, 7) is 3.54. The quantitative estimate of drug-likeness (QED) is 0.910. The number of piperidine rings is 1. The average Bonchev–Trinajstić information content (AvgIpc) is 2.60. The first-order chi connectivity index (χ1) is 11.6. The monoisotopic (exact) mass is 327 g/mol. The molecule has 6 heteroatoms. The van der Waals surface area contributed by atoms with Gasteiger partial charge in [-0.3, -0.25) is 4.79 Å². The second kappa shape index (κ2) is 7.29. The van der Waals surface area contributed by atoms with Crippen molar-refractivity contribution in [1.29, 1.82) is 0 Å². The lowest BCUT2D eigenvalue weighted by Crippen LogP contribution is -2.39. The predicted molar refractivity (Wildman–Crippen MR) is 90.1 cm³/mol. The van der Waals surface area contributed by atoms with Crippen LogP contribution in [-0.4, -0.2) is 34.1 Å². The molecule has 2 aromatic rings. The molecule has 0 amide bonds. The Balaban J connectivity index is 1.72. The van der Waals surface area contributed by atoms with Gasteiger partial charge in [-0.25, -0.2) is 4.98 Å². The van der Waals surface area contributed by atoms with E-state index < -0.39 is 5.97 Å². The Kier molecular flexibility index (Phi) is 4.93. The predicted octanol–water partition coefficient (Wildman–Crippen LogP) is 2.67. The molecule has 2 heterocycles. The number of carbonyl (C=O) groups is 1. The van der Waals surface area contributed by atoms with E-state index >= 15 is 0 Å². The maximum atomic E-state index is 11.2. The van der Waals surface area contributed by atoms with E-state index in [-0.39, 0.29) is 5.92 Å². The molecule has 1 fully saturated rings. The molecule has 126 valence electrons. The fraction of sp³-hybridized carbons (Fsp3) is 0.389. The molecule has 3 rings (SSSR count). The molecule has 0 bridgehead atoms. The summed E-state index contributed by atoms with van der Waals surface area (Å²) in [5, 5.41) is 9.23. The van der Waals surface area contributed by atoms with Crippen LogP contribution in [0.3, 0.4) is 0 Å². The van der Waals surface area contributed by atoms with Gasteiger partial charge < -0.3 is 14.7 Å². The minimum absolute atomic E-state index is 0.364. The number of ether oxygens (including phenoxy) is 1. The number of rotatable bonds is 5. The highest BCUT2D eigenvalue weighted by molar-refractivity contribution is 5.71. The zero-order chi connectivity index (χ0) is 16.9. The van der Waals surface area contributed by atoms with E-state index in [9.17, 15) is 9.90 Å². The van der Waals surface area contributed by atoms with E-state index in [4.69, 9.17) is 4.74 Å². The molecule has 0 radical (unpaired) electrons. The van der Waals surface area contributed by atoms with E-state index in [1.807, 2.05) is 42.2 Å². The van der Waals surface area contributed by atoms with Gasteiger partial charge in [0.05, 0.1) is 5.92 Å². The van der Waals surface area contributed by atoms with Crippen molar-refractivity contribution in [2.24, 2.45) is 5.92 Å². The minimum atomic E-state index is -0.757. The molecule has 1 N–H and O–H groups in total. The molecule has 1 aromatic heterocycles. The largest absolute Gasteiger partial charge is 0.481 e. The van der Waals surface area contributed by atoms with Gasteiger partial charge in [-0.05, 0) is 25.3 Å². The Labute approximate surface area is 141 Å². The third-order valence-corrected chi connectivity index (χ3v) is 4.10. The number of hydrogen-bond donors (Lipinski definition) is 1. The number of aromatic nitrogens is 2. The van der Waals surface area contributed by atoms with Crippen LogP contribution in [0.2, 0.25) is 0 Å². The summed E-state index contributed by atoms with van der Waals surface area (Å²) in [5.74, 6) is -0.0627. The van der Waals surface area contributed by atoms with Crippen LogP contribution in [-0.2, 0) is 11.4 Å². The Hall–Kier alpha value is -2.63. The molecule has 6 nitrogen and oxygen atoms in total. The smallest absolute Gasteiger partial charge is 0.308 e. The third kappa shape index (κ3) is 4.01. The van der Waals surface area contributed by atoms with Crippen molar-refractivity contribution in [3.63, 3.8) is 0 Å². The number of carboxylic acids is 1. The molecule has 24 heavy (non-hydrogen) atoms. The van der Waals surface area contributed by atoms with Crippen LogP contribution < -0.4 is 9.64 Å². The summed E-state index contributed by atoms with van der Waals surface area (Å²) < 4.78 is 5.78. The normalized spacial score (nSPS) is 17.5. The van der Waals surface area contributed by atoms with Crippen molar-refractivity contribution in [3.05, 3.63) is 47.7 Å². The van der Waals surface area contributed by atoms with Gasteiger partial charge >= 0.3 is 5.97 Å². The summed E-state index contributed by atoms with van der Waals surface area (Å²) in [4.78, 5) is 22.1. The highest BCUT2D eigenvalue weighted by atomic mass is 16.5. The number of aliphatic carboxylic acids is 1. The van der Waals surface area contributed by atoms with Gasteiger partial charge in [0.1, 0.15) is 6.61 Å². The van der Waals surface area contributed by atoms with Crippen molar-refractivity contribution in [3.8, 4) is 5.88 Å². The number of anilines is 1. The first kappa shape index (κ1) is 16.2. The van der Waals surface area contributed by atoms with Gasteiger partial charge in [-0.1, -0.05) is 30.3 Å². The molecule has 1 atom stereocenters. The van der Waals surface area contributed by atoms with Crippen molar-refractivity contribution in [2.75, 3.05) is 18.0 Å². The molecule has 0 saturated carbocycles. The van der Waals surface area contributed by atoms with Crippen LogP contribution in [0.4, 0.5) is 5.95 Å². The van der Waals surface area contributed by atoms with Crippen LogP contribution in [0.5, 0.6) is 5.88 Å². The lowest BCUT2D eigenvalue weighted by atomic mass is 9.99. The van der Waals surface area contributed by atoms with Crippen LogP contribution in [0.1, 0.15) is 24.1 Å². The second-order valence-corrected chi connectivity index (χ2v) is 6.05. The zero-order valence-corrected chi connectivity index (χ0v) is 13.7. The average molecular weight is 327 g/mol. The summed E-state index contributed by atoms with van der Waals surface area (Å²) in [7, 11) is 0. The van der Waals surface area contributed by atoms with E-state index in [0.717, 1.165) is 24.2 Å². The van der Waals surface area contributed by atoms with Crippen LogP contribution in [0, 0.1) is 12.8 Å². The van der Waals surface area contributed by atoms with Gasteiger partial charge in [-0.2, -0.15) is 4.98 Å². The van der Waals surface area contributed by atoms with E-state index in [1.165, 1.54) is 0 Å². The molecule has 1 unspecified atom stereocenters. The standard InChI is InChI=1S/C18H21N3O3/c1-13-10-16(24-12-14-6-3-2-4-7-14)20-18(19-13)21-9-5-8-15(11-21)17(22)23/h2-4,6-7,10,15H,5,8-9,11-12H2,1H3,(H,22,23). The van der Waals surface area contributed by atoms with Crippen LogP contribution in [0.25, 0.3) is 0 Å². The highest BCUT2D eigenvalue weighted by Gasteiger charge is 2.27. The van der Waals surface area contributed by atoms with Crippen molar-refractivity contribution in [1.82, 2.24) is 9.97 Å². The first-order valence-corrected chi connectivity index (χ1v) is 8.12. The summed E-state index contributed by atoms with van der Waals surface area (Å²) in [6.07, 6.45) is 1.53. The number of aryl methyl sites for hydroxylation is 1. The lowest BCUT2D eigenvalue weighted by Gasteiger charge is -2.30. The minimum Gasteiger partial charge on any atom is -0.481 e. The zero-order valence-electron chi connectivity index (χ0n) is 13.7. The summed E-state index contributed by atoms with van der Waals surface area (Å²) in [6, 6.07) is 11.7. The first-order valence-electron chi connectivity index (χ1n) is 8.12. The van der Waals surface area contributed by atoms with Crippen molar-refractivity contribution in [2.45, 2.75) is 26.4 Å². The number of nitrogens with zero attached hydrogens (tertiary/aromatic N) is 3. The van der Waals surface area contributed by atoms with Crippen molar-refractivity contribution >= 4 is 11.9 Å². The Bertz CT molecular complexity index is 706. The van der Waals surface area contributed by atoms with Gasteiger partial charge in [0.25, 0.3) is 0 Å². The van der Waals surface area contributed by atoms with Gasteiger partial charge in [0.2, 0.25) is 11.8 Å². The maximum Gasteiger partial charge on any atom is 0.308 e. The molecule has 1 saturated heterocycles. The topological polar surface area (TPSA) is 75.5 Å². The fourth-order valence-electron chi connectivity index (χ4n) is 2.83. The SMILES string of the molecule is Cc1cc(OCc2ccccc2)nc(N2CCCC(C(=O)O)C2)n1. The highest BCUT2D eigenvalue weighted by Crippen LogP contribution is 2.23. The molecular weight excluding hydrogens is 306 g/mol.